The summed E-state index contributed by atoms with van der Waals surface area (Å²) in [6.07, 6.45) is 0.343. The van der Waals surface area contributed by atoms with Gasteiger partial charge in [0.2, 0.25) is 17.6 Å². The van der Waals surface area contributed by atoms with Crippen molar-refractivity contribution in [3.63, 3.8) is 0 Å². The Labute approximate surface area is 209 Å². The van der Waals surface area contributed by atoms with Crippen LogP contribution in [0.5, 0.6) is 0 Å². The van der Waals surface area contributed by atoms with E-state index in [0.717, 1.165) is 48.3 Å². The molecule has 34 heavy (non-hydrogen) atoms. The van der Waals surface area contributed by atoms with Crippen molar-refractivity contribution >= 4 is 21.8 Å². The number of carbonyl (C=O) groups is 1. The van der Waals surface area contributed by atoms with E-state index in [-0.39, 0.29) is 5.91 Å². The molecule has 1 fully saturated rings. The minimum Gasteiger partial charge on any atom is -0.337 e. The lowest BCUT2D eigenvalue weighted by Crippen LogP contribution is -2.42. The van der Waals surface area contributed by atoms with E-state index < -0.39 is 0 Å². The fraction of sp³-hybridized carbons (Fsp3) is 0.423. The maximum Gasteiger partial charge on any atom is 0.246 e. The predicted octanol–water partition coefficient (Wildman–Crippen LogP) is 4.13. The fourth-order valence-electron chi connectivity index (χ4n) is 4.07. The number of hydrogen-bond acceptors (Lipinski definition) is 6. The number of amides is 1. The zero-order valence-corrected chi connectivity index (χ0v) is 21.4. The van der Waals surface area contributed by atoms with Crippen LogP contribution in [0.1, 0.15) is 30.9 Å². The first kappa shape index (κ1) is 24.6. The predicted molar refractivity (Wildman–Crippen MR) is 136 cm³/mol. The number of benzene rings is 2. The van der Waals surface area contributed by atoms with Crippen molar-refractivity contribution in [3.8, 4) is 11.4 Å². The van der Waals surface area contributed by atoms with Crippen molar-refractivity contribution in [3.05, 3.63) is 70.0 Å². The first-order valence-electron chi connectivity index (χ1n) is 11.8. The van der Waals surface area contributed by atoms with Gasteiger partial charge in [-0.05, 0) is 29.2 Å². The van der Waals surface area contributed by atoms with Crippen LogP contribution in [0.3, 0.4) is 0 Å². The summed E-state index contributed by atoms with van der Waals surface area (Å²) in [7, 11) is 0. The highest BCUT2D eigenvalue weighted by atomic mass is 79.9. The van der Waals surface area contributed by atoms with E-state index in [2.05, 4.69) is 62.3 Å². The van der Waals surface area contributed by atoms with E-state index in [1.807, 2.05) is 36.4 Å². The molecule has 0 saturated carbocycles. The summed E-state index contributed by atoms with van der Waals surface area (Å²) in [5.74, 6) is 1.38. The zero-order chi connectivity index (χ0) is 23.9. The fourth-order valence-corrected chi connectivity index (χ4v) is 4.33. The van der Waals surface area contributed by atoms with E-state index in [1.165, 1.54) is 5.56 Å². The molecule has 1 aliphatic heterocycles. The van der Waals surface area contributed by atoms with Crippen molar-refractivity contribution in [2.45, 2.75) is 33.4 Å². The van der Waals surface area contributed by atoms with Crippen molar-refractivity contribution in [2.75, 3.05) is 32.7 Å². The van der Waals surface area contributed by atoms with Gasteiger partial charge in [-0.3, -0.25) is 9.69 Å². The van der Waals surface area contributed by atoms with E-state index in [0.29, 0.717) is 37.1 Å². The molecule has 0 bridgehead atoms. The molecule has 1 aromatic heterocycles. The number of nitrogens with one attached hydrogen (secondary N) is 1. The van der Waals surface area contributed by atoms with E-state index >= 15 is 0 Å². The van der Waals surface area contributed by atoms with Crippen molar-refractivity contribution < 1.29 is 9.32 Å². The van der Waals surface area contributed by atoms with Crippen LogP contribution in [0.25, 0.3) is 11.4 Å². The molecule has 8 heteroatoms. The Kier molecular flexibility index (Phi) is 8.48. The molecule has 0 spiro atoms. The standard InChI is InChI=1S/C26H32BrN5O2/c1-19(2)16-32(25(33)15-20-5-9-23(27)10-6-20)18-24-29-26(30-34-24)22-7-3-21(4-8-22)17-31-13-11-28-12-14-31/h3-10,19,28H,11-18H2,1-2H3. The third-order valence-electron chi connectivity index (χ3n) is 5.83. The molecule has 0 aliphatic carbocycles. The summed E-state index contributed by atoms with van der Waals surface area (Å²) < 4.78 is 6.52. The molecule has 1 amide bonds. The van der Waals surface area contributed by atoms with Crippen molar-refractivity contribution in [1.29, 1.82) is 0 Å². The minimum atomic E-state index is 0.0491. The molecule has 7 nitrogen and oxygen atoms in total. The molecule has 1 aliphatic rings. The van der Waals surface area contributed by atoms with Gasteiger partial charge in [0, 0.05) is 49.3 Å². The number of piperazine rings is 1. The van der Waals surface area contributed by atoms with Crippen LogP contribution in [0.2, 0.25) is 0 Å². The second kappa shape index (κ2) is 11.7. The summed E-state index contributed by atoms with van der Waals surface area (Å²) in [4.78, 5) is 21.9. The molecule has 2 heterocycles. The normalized spacial score (nSPS) is 14.5. The van der Waals surface area contributed by atoms with Gasteiger partial charge in [0.25, 0.3) is 0 Å². The number of halogens is 1. The molecule has 1 saturated heterocycles. The second-order valence-electron chi connectivity index (χ2n) is 9.21. The maximum atomic E-state index is 13.0. The SMILES string of the molecule is CC(C)CN(Cc1nc(-c2ccc(CN3CCNCC3)cc2)no1)C(=O)Cc1ccc(Br)cc1. The molecule has 1 N–H and O–H groups in total. The Balaban J connectivity index is 1.39. The Morgan fingerprint density at radius 2 is 1.76 bits per heavy atom. The quantitative estimate of drug-likeness (QED) is 0.452. The van der Waals surface area contributed by atoms with Gasteiger partial charge in [-0.2, -0.15) is 4.98 Å². The zero-order valence-electron chi connectivity index (χ0n) is 19.8. The highest BCUT2D eigenvalue weighted by Crippen LogP contribution is 2.19. The Morgan fingerprint density at radius 1 is 1.09 bits per heavy atom. The first-order valence-corrected chi connectivity index (χ1v) is 12.6. The third kappa shape index (κ3) is 6.98. The van der Waals surface area contributed by atoms with E-state index in [1.54, 1.807) is 4.90 Å². The number of carbonyl (C=O) groups excluding carboxylic acids is 1. The number of hydrogen-bond donors (Lipinski definition) is 1. The van der Waals surface area contributed by atoms with Crippen LogP contribution in [0.4, 0.5) is 0 Å². The lowest BCUT2D eigenvalue weighted by atomic mass is 10.1. The molecule has 180 valence electrons. The van der Waals surface area contributed by atoms with E-state index in [4.69, 9.17) is 4.52 Å². The van der Waals surface area contributed by atoms with Crippen LogP contribution < -0.4 is 5.32 Å². The first-order chi connectivity index (χ1) is 16.5. The average Bonchev–Trinajstić information content (AvgIpc) is 3.29. The van der Waals surface area contributed by atoms with Gasteiger partial charge in [0.15, 0.2) is 0 Å². The molecular formula is C26H32BrN5O2. The van der Waals surface area contributed by atoms with Gasteiger partial charge in [-0.1, -0.05) is 71.3 Å². The Hall–Kier alpha value is -2.55. The summed E-state index contributed by atoms with van der Waals surface area (Å²) in [6, 6.07) is 16.2. The molecule has 0 radical (unpaired) electrons. The molecule has 2 aromatic carbocycles. The highest BCUT2D eigenvalue weighted by molar-refractivity contribution is 9.10. The van der Waals surface area contributed by atoms with Gasteiger partial charge in [-0.25, -0.2) is 0 Å². The number of aromatic nitrogens is 2. The van der Waals surface area contributed by atoms with Crippen LogP contribution in [0, 0.1) is 5.92 Å². The average molecular weight is 526 g/mol. The van der Waals surface area contributed by atoms with Gasteiger partial charge in [-0.15, -0.1) is 0 Å². The maximum absolute atomic E-state index is 13.0. The largest absolute Gasteiger partial charge is 0.337 e. The number of nitrogens with zero attached hydrogens (tertiary/aromatic N) is 4. The second-order valence-corrected chi connectivity index (χ2v) is 10.1. The van der Waals surface area contributed by atoms with Crippen LogP contribution in [0.15, 0.2) is 57.5 Å². The Morgan fingerprint density at radius 3 is 2.44 bits per heavy atom. The molecule has 3 aromatic rings. The van der Waals surface area contributed by atoms with Crippen molar-refractivity contribution in [2.24, 2.45) is 5.92 Å². The lowest BCUT2D eigenvalue weighted by molar-refractivity contribution is -0.132. The van der Waals surface area contributed by atoms with Gasteiger partial charge < -0.3 is 14.7 Å². The lowest BCUT2D eigenvalue weighted by Gasteiger charge is -2.27. The molecule has 0 atom stereocenters. The van der Waals surface area contributed by atoms with Crippen LogP contribution >= 0.6 is 15.9 Å². The summed E-state index contributed by atoms with van der Waals surface area (Å²) >= 11 is 3.44. The smallest absolute Gasteiger partial charge is 0.246 e. The monoisotopic (exact) mass is 525 g/mol. The molecule has 0 unspecified atom stereocenters. The minimum absolute atomic E-state index is 0.0491. The van der Waals surface area contributed by atoms with Gasteiger partial charge in [0.05, 0.1) is 6.42 Å². The summed E-state index contributed by atoms with van der Waals surface area (Å²) in [6.45, 7) is 10.3. The third-order valence-corrected chi connectivity index (χ3v) is 6.36. The summed E-state index contributed by atoms with van der Waals surface area (Å²) in [5, 5.41) is 7.55. The topological polar surface area (TPSA) is 74.5 Å². The van der Waals surface area contributed by atoms with Gasteiger partial charge >= 0.3 is 0 Å². The van der Waals surface area contributed by atoms with Crippen molar-refractivity contribution in [1.82, 2.24) is 25.3 Å². The van der Waals surface area contributed by atoms with E-state index in [9.17, 15) is 4.79 Å². The van der Waals surface area contributed by atoms with Crippen LogP contribution in [-0.4, -0.2) is 58.6 Å². The summed E-state index contributed by atoms with van der Waals surface area (Å²) in [5.41, 5.74) is 3.17. The molecular weight excluding hydrogens is 494 g/mol. The van der Waals surface area contributed by atoms with Crippen LogP contribution in [-0.2, 0) is 24.3 Å². The van der Waals surface area contributed by atoms with Gasteiger partial charge in [0.1, 0.15) is 6.54 Å². The highest BCUT2D eigenvalue weighted by Gasteiger charge is 2.20. The number of rotatable bonds is 9. The Bertz CT molecular complexity index is 1060. The molecule has 4 rings (SSSR count).